The Bertz CT molecular complexity index is 529. The van der Waals surface area contributed by atoms with Crippen molar-refractivity contribution in [3.63, 3.8) is 0 Å². The molecule has 0 radical (unpaired) electrons. The molecule has 120 valence electrons. The third-order valence-electron chi connectivity index (χ3n) is 4.97. The minimum Gasteiger partial charge on any atom is -0.320 e. The summed E-state index contributed by atoms with van der Waals surface area (Å²) in [5.41, 5.74) is -0.347. The zero-order chi connectivity index (χ0) is 15.5. The van der Waals surface area contributed by atoms with Crippen LogP contribution >= 0.6 is 0 Å². The number of nitrogens with one attached hydrogen (secondary N) is 1. The predicted molar refractivity (Wildman–Crippen MR) is 81.5 cm³/mol. The maximum Gasteiger partial charge on any atom is 0.238 e. The van der Waals surface area contributed by atoms with Crippen LogP contribution in [-0.4, -0.2) is 30.4 Å². The molecular weight excluding hydrogens is 286 g/mol. The van der Waals surface area contributed by atoms with Gasteiger partial charge in [-0.2, -0.15) is 0 Å². The SMILES string of the molecule is O=C(CN1CC[C@H]2CCCC[C@H]2C1)Nc1c(F)cccc1F. The molecule has 0 bridgehead atoms. The zero-order valence-electron chi connectivity index (χ0n) is 12.7. The van der Waals surface area contributed by atoms with Crippen molar-refractivity contribution in [1.82, 2.24) is 4.90 Å². The maximum atomic E-state index is 13.5. The molecule has 0 unspecified atom stereocenters. The van der Waals surface area contributed by atoms with Gasteiger partial charge in [0.15, 0.2) is 0 Å². The highest BCUT2D eigenvalue weighted by atomic mass is 19.1. The van der Waals surface area contributed by atoms with Crippen molar-refractivity contribution in [2.24, 2.45) is 11.8 Å². The fourth-order valence-corrected chi connectivity index (χ4v) is 3.82. The summed E-state index contributed by atoms with van der Waals surface area (Å²) in [6.07, 6.45) is 6.29. The molecule has 0 aromatic heterocycles. The van der Waals surface area contributed by atoms with Gasteiger partial charge in [-0.3, -0.25) is 9.69 Å². The number of fused-ring (bicyclic) bond motifs is 1. The third kappa shape index (κ3) is 3.46. The van der Waals surface area contributed by atoms with Gasteiger partial charge < -0.3 is 5.32 Å². The molecular formula is C17H22F2N2O. The van der Waals surface area contributed by atoms with Crippen molar-refractivity contribution in [3.05, 3.63) is 29.8 Å². The van der Waals surface area contributed by atoms with Crippen LogP contribution in [0.2, 0.25) is 0 Å². The summed E-state index contributed by atoms with van der Waals surface area (Å²) in [6, 6.07) is 3.58. The molecule has 1 aliphatic carbocycles. The van der Waals surface area contributed by atoms with Gasteiger partial charge in [-0.15, -0.1) is 0 Å². The molecule has 2 aliphatic rings. The van der Waals surface area contributed by atoms with Crippen molar-refractivity contribution in [2.75, 3.05) is 25.0 Å². The van der Waals surface area contributed by atoms with Gasteiger partial charge in [0.2, 0.25) is 5.91 Å². The van der Waals surface area contributed by atoms with E-state index in [4.69, 9.17) is 0 Å². The average Bonchev–Trinajstić information content (AvgIpc) is 2.51. The number of piperidine rings is 1. The fraction of sp³-hybridized carbons (Fsp3) is 0.588. The second kappa shape index (κ2) is 6.73. The molecule has 2 fully saturated rings. The molecule has 1 amide bonds. The van der Waals surface area contributed by atoms with E-state index in [1.165, 1.54) is 31.7 Å². The Balaban J connectivity index is 1.56. The van der Waals surface area contributed by atoms with E-state index in [9.17, 15) is 13.6 Å². The van der Waals surface area contributed by atoms with E-state index in [-0.39, 0.29) is 18.1 Å². The summed E-state index contributed by atoms with van der Waals surface area (Å²) in [7, 11) is 0. The van der Waals surface area contributed by atoms with Crippen LogP contribution < -0.4 is 5.32 Å². The number of carbonyl (C=O) groups excluding carboxylic acids is 1. The molecule has 0 spiro atoms. The van der Waals surface area contributed by atoms with Crippen LogP contribution in [0.1, 0.15) is 32.1 Å². The molecule has 1 heterocycles. The van der Waals surface area contributed by atoms with Crippen LogP contribution in [0.5, 0.6) is 0 Å². The molecule has 2 atom stereocenters. The molecule has 1 aliphatic heterocycles. The van der Waals surface area contributed by atoms with Crippen molar-refractivity contribution in [1.29, 1.82) is 0 Å². The van der Waals surface area contributed by atoms with Gasteiger partial charge in [0.25, 0.3) is 0 Å². The number of rotatable bonds is 3. The van der Waals surface area contributed by atoms with Crippen LogP contribution in [-0.2, 0) is 4.79 Å². The average molecular weight is 308 g/mol. The summed E-state index contributed by atoms with van der Waals surface area (Å²) in [5, 5.41) is 2.37. The third-order valence-corrected chi connectivity index (χ3v) is 4.97. The van der Waals surface area contributed by atoms with Crippen LogP contribution in [0, 0.1) is 23.5 Å². The van der Waals surface area contributed by atoms with Gasteiger partial charge in [-0.05, 0) is 43.4 Å². The number of hydrogen-bond acceptors (Lipinski definition) is 2. The molecule has 1 N–H and O–H groups in total. The summed E-state index contributed by atoms with van der Waals surface area (Å²) in [5.74, 6) is -0.338. The van der Waals surface area contributed by atoms with Crippen LogP contribution in [0.4, 0.5) is 14.5 Å². The summed E-state index contributed by atoms with van der Waals surface area (Å²) in [4.78, 5) is 14.2. The van der Waals surface area contributed by atoms with Gasteiger partial charge in [-0.1, -0.05) is 25.3 Å². The number of anilines is 1. The number of benzene rings is 1. The fourth-order valence-electron chi connectivity index (χ4n) is 3.82. The lowest BCUT2D eigenvalue weighted by molar-refractivity contribution is -0.118. The Morgan fingerprint density at radius 1 is 1.14 bits per heavy atom. The molecule has 1 aromatic rings. The highest BCUT2D eigenvalue weighted by molar-refractivity contribution is 5.92. The summed E-state index contributed by atoms with van der Waals surface area (Å²) < 4.78 is 27.1. The van der Waals surface area contributed by atoms with Crippen molar-refractivity contribution >= 4 is 11.6 Å². The lowest BCUT2D eigenvalue weighted by Crippen LogP contribution is -2.44. The van der Waals surface area contributed by atoms with E-state index in [1.807, 2.05) is 0 Å². The smallest absolute Gasteiger partial charge is 0.238 e. The number of hydrogen-bond donors (Lipinski definition) is 1. The lowest BCUT2D eigenvalue weighted by Gasteiger charge is -2.41. The van der Waals surface area contributed by atoms with Gasteiger partial charge >= 0.3 is 0 Å². The molecule has 5 heteroatoms. The van der Waals surface area contributed by atoms with E-state index in [0.29, 0.717) is 5.92 Å². The number of likely N-dealkylation sites (tertiary alicyclic amines) is 1. The largest absolute Gasteiger partial charge is 0.320 e. The van der Waals surface area contributed by atoms with Crippen molar-refractivity contribution in [2.45, 2.75) is 32.1 Å². The number of halogens is 2. The van der Waals surface area contributed by atoms with Crippen molar-refractivity contribution in [3.8, 4) is 0 Å². The Hall–Kier alpha value is -1.49. The normalized spacial score (nSPS) is 25.5. The second-order valence-electron chi connectivity index (χ2n) is 6.47. The van der Waals surface area contributed by atoms with Gasteiger partial charge in [-0.25, -0.2) is 8.78 Å². The summed E-state index contributed by atoms with van der Waals surface area (Å²) in [6.45, 7) is 2.03. The molecule has 3 rings (SSSR count). The first-order valence-corrected chi connectivity index (χ1v) is 8.09. The monoisotopic (exact) mass is 308 g/mol. The first-order chi connectivity index (χ1) is 10.6. The number of carbonyl (C=O) groups is 1. The molecule has 22 heavy (non-hydrogen) atoms. The predicted octanol–water partition coefficient (Wildman–Crippen LogP) is 3.42. The van der Waals surface area contributed by atoms with Gasteiger partial charge in [0.05, 0.1) is 6.54 Å². The van der Waals surface area contributed by atoms with E-state index in [0.717, 1.165) is 37.6 Å². The molecule has 1 saturated heterocycles. The Labute approximate surface area is 129 Å². The summed E-state index contributed by atoms with van der Waals surface area (Å²) >= 11 is 0. The second-order valence-corrected chi connectivity index (χ2v) is 6.47. The number of nitrogens with zero attached hydrogens (tertiary/aromatic N) is 1. The lowest BCUT2D eigenvalue weighted by atomic mass is 9.75. The Kier molecular flexibility index (Phi) is 4.71. The van der Waals surface area contributed by atoms with E-state index >= 15 is 0 Å². The quantitative estimate of drug-likeness (QED) is 0.928. The highest BCUT2D eigenvalue weighted by Crippen LogP contribution is 2.35. The topological polar surface area (TPSA) is 32.3 Å². The van der Waals surface area contributed by atoms with E-state index < -0.39 is 11.6 Å². The van der Waals surface area contributed by atoms with Crippen molar-refractivity contribution < 1.29 is 13.6 Å². The first-order valence-electron chi connectivity index (χ1n) is 8.09. The Morgan fingerprint density at radius 2 is 1.82 bits per heavy atom. The highest BCUT2D eigenvalue weighted by Gasteiger charge is 2.31. The molecule has 3 nitrogen and oxygen atoms in total. The maximum absolute atomic E-state index is 13.5. The molecule has 1 aromatic carbocycles. The van der Waals surface area contributed by atoms with Crippen LogP contribution in [0.3, 0.4) is 0 Å². The van der Waals surface area contributed by atoms with E-state index in [1.54, 1.807) is 0 Å². The van der Waals surface area contributed by atoms with Crippen LogP contribution in [0.25, 0.3) is 0 Å². The minimum atomic E-state index is -0.737. The first kappa shape index (κ1) is 15.4. The zero-order valence-corrected chi connectivity index (χ0v) is 12.7. The van der Waals surface area contributed by atoms with Gasteiger partial charge in [0, 0.05) is 6.54 Å². The van der Waals surface area contributed by atoms with E-state index in [2.05, 4.69) is 10.2 Å². The number of para-hydroxylation sites is 1. The molecule has 1 saturated carbocycles. The minimum absolute atomic E-state index is 0.205. The standard InChI is InChI=1S/C17H22F2N2O/c18-14-6-3-7-15(19)17(14)20-16(22)11-21-9-8-12-4-1-2-5-13(12)10-21/h3,6-7,12-13H,1-2,4-5,8-11H2,(H,20,22)/t12-,13+/m1/s1. The van der Waals surface area contributed by atoms with Gasteiger partial charge in [0.1, 0.15) is 17.3 Å². The van der Waals surface area contributed by atoms with Crippen LogP contribution in [0.15, 0.2) is 18.2 Å². The number of amides is 1. The Morgan fingerprint density at radius 3 is 2.55 bits per heavy atom.